The molecule has 0 bridgehead atoms. The zero-order valence-electron chi connectivity index (χ0n) is 11.6. The molecule has 1 amide bonds. The molecule has 0 spiro atoms. The first-order valence-electron chi connectivity index (χ1n) is 6.56. The van der Waals surface area contributed by atoms with E-state index >= 15 is 0 Å². The zero-order chi connectivity index (χ0) is 14.8. The minimum atomic E-state index is -0.331. The lowest BCUT2D eigenvalue weighted by Crippen LogP contribution is -2.25. The van der Waals surface area contributed by atoms with Crippen molar-refractivity contribution in [1.29, 1.82) is 0 Å². The molecule has 0 unspecified atom stereocenters. The second-order valence-electron chi connectivity index (χ2n) is 4.07. The van der Waals surface area contributed by atoms with Gasteiger partial charge in [0.25, 0.3) is 0 Å². The van der Waals surface area contributed by atoms with Crippen LogP contribution >= 0.6 is 0 Å². The van der Waals surface area contributed by atoms with Crippen molar-refractivity contribution in [3.63, 3.8) is 0 Å². The fourth-order valence-corrected chi connectivity index (χ4v) is 1.53. The minimum Gasteiger partial charge on any atom is -0.462 e. The van der Waals surface area contributed by atoms with Crippen molar-refractivity contribution >= 4 is 17.6 Å². The molecule has 0 radical (unpaired) electrons. The van der Waals surface area contributed by atoms with E-state index in [0.29, 0.717) is 31.7 Å². The Bertz CT molecular complexity index is 455. The lowest BCUT2D eigenvalue weighted by molar-refractivity contribution is -0.120. The number of amides is 1. The van der Waals surface area contributed by atoms with E-state index in [4.69, 9.17) is 4.74 Å². The van der Waals surface area contributed by atoms with Gasteiger partial charge in [-0.3, -0.25) is 4.79 Å². The van der Waals surface area contributed by atoms with Gasteiger partial charge < -0.3 is 15.4 Å². The van der Waals surface area contributed by atoms with Crippen LogP contribution < -0.4 is 10.6 Å². The average Bonchev–Trinajstić information content (AvgIpc) is 2.46. The maximum Gasteiger partial charge on any atom is 0.338 e. The van der Waals surface area contributed by atoms with E-state index in [-0.39, 0.29) is 11.9 Å². The first-order valence-corrected chi connectivity index (χ1v) is 6.56. The molecule has 0 heterocycles. The first kappa shape index (κ1) is 15.8. The molecule has 0 aliphatic rings. The van der Waals surface area contributed by atoms with Gasteiger partial charge in [-0.1, -0.05) is 6.08 Å². The van der Waals surface area contributed by atoms with Crippen LogP contribution in [0.5, 0.6) is 0 Å². The number of carbonyl (C=O) groups is 2. The van der Waals surface area contributed by atoms with Crippen LogP contribution in [0.2, 0.25) is 0 Å². The summed E-state index contributed by atoms with van der Waals surface area (Å²) in [6.07, 6.45) is 2.02. The summed E-state index contributed by atoms with van der Waals surface area (Å²) < 4.78 is 4.90. The predicted molar refractivity (Wildman–Crippen MR) is 78.7 cm³/mol. The van der Waals surface area contributed by atoms with E-state index in [2.05, 4.69) is 17.2 Å². The van der Waals surface area contributed by atoms with Crippen LogP contribution in [-0.4, -0.2) is 31.6 Å². The maximum absolute atomic E-state index is 11.5. The number of hydrogen-bond acceptors (Lipinski definition) is 4. The smallest absolute Gasteiger partial charge is 0.338 e. The Morgan fingerprint density at radius 3 is 2.60 bits per heavy atom. The molecule has 1 aromatic carbocycles. The Labute approximate surface area is 119 Å². The molecule has 20 heavy (non-hydrogen) atoms. The van der Waals surface area contributed by atoms with E-state index in [1.807, 2.05) is 0 Å². The normalized spacial score (nSPS) is 9.65. The van der Waals surface area contributed by atoms with E-state index in [0.717, 1.165) is 5.69 Å². The molecule has 108 valence electrons. The molecule has 0 aliphatic heterocycles. The number of anilines is 1. The van der Waals surface area contributed by atoms with Gasteiger partial charge in [-0.25, -0.2) is 4.79 Å². The summed E-state index contributed by atoms with van der Waals surface area (Å²) in [4.78, 5) is 22.8. The van der Waals surface area contributed by atoms with Crippen molar-refractivity contribution in [1.82, 2.24) is 5.32 Å². The first-order chi connectivity index (χ1) is 9.67. The summed E-state index contributed by atoms with van der Waals surface area (Å²) in [5, 5.41) is 5.81. The molecule has 0 saturated heterocycles. The van der Waals surface area contributed by atoms with Crippen molar-refractivity contribution < 1.29 is 14.3 Å². The number of benzene rings is 1. The summed E-state index contributed by atoms with van der Waals surface area (Å²) in [5.41, 5.74) is 1.37. The van der Waals surface area contributed by atoms with Crippen molar-refractivity contribution in [3.8, 4) is 0 Å². The van der Waals surface area contributed by atoms with Gasteiger partial charge in [-0.05, 0) is 31.2 Å². The Morgan fingerprint density at radius 1 is 1.30 bits per heavy atom. The van der Waals surface area contributed by atoms with Crippen LogP contribution in [0.4, 0.5) is 5.69 Å². The Balaban J connectivity index is 2.36. The highest BCUT2D eigenvalue weighted by atomic mass is 16.5. The summed E-state index contributed by atoms with van der Waals surface area (Å²) in [5.74, 6) is -0.358. The van der Waals surface area contributed by atoms with Gasteiger partial charge in [-0.2, -0.15) is 0 Å². The Hall–Kier alpha value is -2.30. The van der Waals surface area contributed by atoms with Crippen molar-refractivity contribution in [2.24, 2.45) is 0 Å². The molecule has 0 aliphatic carbocycles. The predicted octanol–water partition coefficient (Wildman–Crippen LogP) is 1.97. The van der Waals surface area contributed by atoms with Crippen LogP contribution in [0.25, 0.3) is 0 Å². The standard InChI is InChI=1S/C15H20N2O3/c1-3-10-17-14(18)9-11-16-13-7-5-12(6-8-13)15(19)20-4-2/h3,5-8,16H,1,4,9-11H2,2H3,(H,17,18). The number of nitrogens with one attached hydrogen (secondary N) is 2. The number of hydrogen-bond donors (Lipinski definition) is 2. The molecule has 0 saturated carbocycles. The maximum atomic E-state index is 11.5. The van der Waals surface area contributed by atoms with E-state index in [1.165, 1.54) is 0 Å². The molecule has 0 aromatic heterocycles. The van der Waals surface area contributed by atoms with Gasteiger partial charge in [0.15, 0.2) is 0 Å². The average molecular weight is 276 g/mol. The third-order valence-electron chi connectivity index (χ3n) is 2.52. The molecule has 1 aromatic rings. The molecule has 2 N–H and O–H groups in total. The van der Waals surface area contributed by atoms with Crippen LogP contribution in [0, 0.1) is 0 Å². The van der Waals surface area contributed by atoms with E-state index in [9.17, 15) is 9.59 Å². The number of rotatable bonds is 8. The lowest BCUT2D eigenvalue weighted by atomic mass is 10.2. The Kier molecular flexibility index (Phi) is 6.89. The molecule has 0 fully saturated rings. The van der Waals surface area contributed by atoms with Gasteiger partial charge in [-0.15, -0.1) is 6.58 Å². The SMILES string of the molecule is C=CCNC(=O)CCNc1ccc(C(=O)OCC)cc1. The molecule has 5 nitrogen and oxygen atoms in total. The van der Waals surface area contributed by atoms with Crippen molar-refractivity contribution in [3.05, 3.63) is 42.5 Å². The molecule has 5 heteroatoms. The van der Waals surface area contributed by atoms with E-state index < -0.39 is 0 Å². The monoisotopic (exact) mass is 276 g/mol. The fourth-order valence-electron chi connectivity index (χ4n) is 1.53. The third-order valence-corrected chi connectivity index (χ3v) is 2.52. The molecular formula is C15H20N2O3. The number of esters is 1. The fraction of sp³-hybridized carbons (Fsp3) is 0.333. The van der Waals surface area contributed by atoms with Gasteiger partial charge in [0.2, 0.25) is 5.91 Å². The van der Waals surface area contributed by atoms with Gasteiger partial charge in [0.05, 0.1) is 12.2 Å². The number of carbonyl (C=O) groups excluding carboxylic acids is 2. The van der Waals surface area contributed by atoms with Gasteiger partial charge in [0, 0.05) is 25.2 Å². The molecule has 1 rings (SSSR count). The summed E-state index contributed by atoms with van der Waals surface area (Å²) in [6.45, 7) is 6.67. The largest absolute Gasteiger partial charge is 0.462 e. The molecule has 0 atom stereocenters. The Morgan fingerprint density at radius 2 is 2.00 bits per heavy atom. The third kappa shape index (κ3) is 5.56. The van der Waals surface area contributed by atoms with Gasteiger partial charge >= 0.3 is 5.97 Å². The minimum absolute atomic E-state index is 0.0273. The highest BCUT2D eigenvalue weighted by molar-refractivity contribution is 5.89. The van der Waals surface area contributed by atoms with Crippen LogP contribution in [0.3, 0.4) is 0 Å². The lowest BCUT2D eigenvalue weighted by Gasteiger charge is -2.07. The van der Waals surface area contributed by atoms with Crippen molar-refractivity contribution in [2.75, 3.05) is 25.0 Å². The van der Waals surface area contributed by atoms with Crippen LogP contribution in [0.1, 0.15) is 23.7 Å². The summed E-state index contributed by atoms with van der Waals surface area (Å²) >= 11 is 0. The zero-order valence-corrected chi connectivity index (χ0v) is 11.6. The molecular weight excluding hydrogens is 256 g/mol. The van der Waals surface area contributed by atoms with E-state index in [1.54, 1.807) is 37.3 Å². The van der Waals surface area contributed by atoms with Crippen LogP contribution in [-0.2, 0) is 9.53 Å². The quantitative estimate of drug-likeness (QED) is 0.562. The van der Waals surface area contributed by atoms with Crippen LogP contribution in [0.15, 0.2) is 36.9 Å². The summed E-state index contributed by atoms with van der Waals surface area (Å²) in [7, 11) is 0. The topological polar surface area (TPSA) is 67.4 Å². The van der Waals surface area contributed by atoms with Gasteiger partial charge in [0.1, 0.15) is 0 Å². The second-order valence-corrected chi connectivity index (χ2v) is 4.07. The highest BCUT2D eigenvalue weighted by Crippen LogP contribution is 2.10. The highest BCUT2D eigenvalue weighted by Gasteiger charge is 2.05. The second kappa shape index (κ2) is 8.74. The number of ether oxygens (including phenoxy) is 1. The summed E-state index contributed by atoms with van der Waals surface area (Å²) in [6, 6.07) is 6.96. The van der Waals surface area contributed by atoms with Crippen molar-refractivity contribution in [2.45, 2.75) is 13.3 Å².